The monoisotopic (exact) mass is 185 g/mol. The Labute approximate surface area is 76.7 Å². The molecule has 1 fully saturated rings. The molecule has 1 unspecified atom stereocenters. The largest absolute Gasteiger partial charge is 0.304 e. The Bertz CT molecular complexity index is 292. The molecule has 12 heavy (non-hydrogen) atoms. The van der Waals surface area contributed by atoms with E-state index < -0.39 is 0 Å². The van der Waals surface area contributed by atoms with Crippen molar-refractivity contribution in [1.29, 1.82) is 0 Å². The lowest BCUT2D eigenvalue weighted by molar-refractivity contribution is 0.498. The van der Waals surface area contributed by atoms with Crippen molar-refractivity contribution in [3.05, 3.63) is 11.6 Å². The van der Waals surface area contributed by atoms with Crippen LogP contribution in [0.25, 0.3) is 0 Å². The van der Waals surface area contributed by atoms with Gasteiger partial charge in [-0.1, -0.05) is 13.8 Å². The lowest BCUT2D eigenvalue weighted by Crippen LogP contribution is -2.02. The van der Waals surface area contributed by atoms with Crippen LogP contribution in [-0.2, 0) is 6.54 Å². The van der Waals surface area contributed by atoms with Gasteiger partial charge in [0.05, 0.1) is 0 Å². The van der Waals surface area contributed by atoms with E-state index in [1.807, 2.05) is 4.57 Å². The number of aromatic nitrogens is 3. The quantitative estimate of drug-likeness (QED) is 0.706. The Morgan fingerprint density at radius 2 is 2.42 bits per heavy atom. The molecule has 0 radical (unpaired) electrons. The van der Waals surface area contributed by atoms with E-state index in [4.69, 9.17) is 11.6 Å². The minimum atomic E-state index is 0.494. The van der Waals surface area contributed by atoms with Crippen molar-refractivity contribution < 1.29 is 0 Å². The summed E-state index contributed by atoms with van der Waals surface area (Å²) in [4.78, 5) is 0. The lowest BCUT2D eigenvalue weighted by atomic mass is 10.1. The molecule has 1 aromatic heterocycles. The molecule has 2 rings (SSSR count). The average Bonchev–Trinajstić information content (AvgIpc) is 2.39. The second-order valence-corrected chi connectivity index (χ2v) is 4.48. The standard InChI is InChI=1S/C8H12ClN3/c1-8(2)3-6(8)4-12-5-10-11-7(12)9/h5-6H,3-4H2,1-2H3. The summed E-state index contributed by atoms with van der Waals surface area (Å²) in [7, 11) is 0. The number of nitrogens with zero attached hydrogens (tertiary/aromatic N) is 3. The van der Waals surface area contributed by atoms with Crippen molar-refractivity contribution in [3.8, 4) is 0 Å². The predicted molar refractivity (Wildman–Crippen MR) is 46.9 cm³/mol. The molecule has 3 nitrogen and oxygen atoms in total. The van der Waals surface area contributed by atoms with Crippen molar-refractivity contribution >= 4 is 11.6 Å². The number of hydrogen-bond donors (Lipinski definition) is 0. The SMILES string of the molecule is CC1(C)CC1Cn1cnnc1Cl. The predicted octanol–water partition coefficient (Wildman–Crippen LogP) is 1.98. The van der Waals surface area contributed by atoms with Crippen molar-refractivity contribution in [2.24, 2.45) is 11.3 Å². The van der Waals surface area contributed by atoms with E-state index in [0.29, 0.717) is 10.7 Å². The van der Waals surface area contributed by atoms with Crippen LogP contribution in [0.15, 0.2) is 6.33 Å². The fourth-order valence-corrected chi connectivity index (χ4v) is 1.64. The molecule has 0 saturated heterocycles. The summed E-state index contributed by atoms with van der Waals surface area (Å²) < 4.78 is 1.90. The maximum atomic E-state index is 5.79. The minimum absolute atomic E-state index is 0.494. The van der Waals surface area contributed by atoms with Gasteiger partial charge in [0.25, 0.3) is 0 Å². The Morgan fingerprint density at radius 1 is 1.75 bits per heavy atom. The maximum absolute atomic E-state index is 5.79. The van der Waals surface area contributed by atoms with Crippen LogP contribution in [0.5, 0.6) is 0 Å². The Kier molecular flexibility index (Phi) is 1.65. The Balaban J connectivity index is 2.02. The smallest absolute Gasteiger partial charge is 0.224 e. The van der Waals surface area contributed by atoms with E-state index in [0.717, 1.165) is 12.5 Å². The fourth-order valence-electron chi connectivity index (χ4n) is 1.49. The molecule has 0 spiro atoms. The highest BCUT2D eigenvalue weighted by molar-refractivity contribution is 6.28. The van der Waals surface area contributed by atoms with E-state index in [1.165, 1.54) is 6.42 Å². The highest BCUT2D eigenvalue weighted by Crippen LogP contribution is 2.52. The number of hydrogen-bond acceptors (Lipinski definition) is 2. The summed E-state index contributed by atoms with van der Waals surface area (Å²) in [5.41, 5.74) is 0.494. The van der Waals surface area contributed by atoms with Crippen LogP contribution < -0.4 is 0 Å². The van der Waals surface area contributed by atoms with Gasteiger partial charge in [0.1, 0.15) is 6.33 Å². The van der Waals surface area contributed by atoms with Gasteiger partial charge in [-0.15, -0.1) is 10.2 Å². The second-order valence-electron chi connectivity index (χ2n) is 4.14. The zero-order valence-corrected chi connectivity index (χ0v) is 8.04. The van der Waals surface area contributed by atoms with Gasteiger partial charge in [0.2, 0.25) is 5.28 Å². The first-order valence-corrected chi connectivity index (χ1v) is 4.51. The molecule has 1 atom stereocenters. The van der Waals surface area contributed by atoms with Crippen molar-refractivity contribution in [3.63, 3.8) is 0 Å². The zero-order chi connectivity index (χ0) is 8.77. The van der Waals surface area contributed by atoms with E-state index >= 15 is 0 Å². The van der Waals surface area contributed by atoms with Crippen molar-refractivity contribution in [1.82, 2.24) is 14.8 Å². The van der Waals surface area contributed by atoms with Crippen LogP contribution in [0, 0.1) is 11.3 Å². The molecule has 4 heteroatoms. The summed E-state index contributed by atoms with van der Waals surface area (Å²) in [5.74, 6) is 0.742. The third-order valence-electron chi connectivity index (χ3n) is 2.70. The first-order valence-electron chi connectivity index (χ1n) is 4.13. The third-order valence-corrected chi connectivity index (χ3v) is 3.00. The van der Waals surface area contributed by atoms with Gasteiger partial charge < -0.3 is 4.57 Å². The molecule has 1 aromatic rings. The average molecular weight is 186 g/mol. The van der Waals surface area contributed by atoms with E-state index in [1.54, 1.807) is 6.33 Å². The number of rotatable bonds is 2. The third kappa shape index (κ3) is 1.33. The van der Waals surface area contributed by atoms with Gasteiger partial charge in [-0.3, -0.25) is 0 Å². The summed E-state index contributed by atoms with van der Waals surface area (Å²) >= 11 is 5.79. The van der Waals surface area contributed by atoms with E-state index in [2.05, 4.69) is 24.0 Å². The molecule has 0 N–H and O–H groups in total. The summed E-state index contributed by atoms with van der Waals surface area (Å²) in [5, 5.41) is 7.95. The van der Waals surface area contributed by atoms with Crippen LogP contribution >= 0.6 is 11.6 Å². The molecular formula is C8H12ClN3. The van der Waals surface area contributed by atoms with E-state index in [-0.39, 0.29) is 0 Å². The molecule has 1 saturated carbocycles. The van der Waals surface area contributed by atoms with Gasteiger partial charge in [0.15, 0.2) is 0 Å². The summed E-state index contributed by atoms with van der Waals surface area (Å²) in [6.07, 6.45) is 2.97. The van der Waals surface area contributed by atoms with Crippen LogP contribution in [0.4, 0.5) is 0 Å². The van der Waals surface area contributed by atoms with E-state index in [9.17, 15) is 0 Å². The lowest BCUT2D eigenvalue weighted by Gasteiger charge is -2.03. The maximum Gasteiger partial charge on any atom is 0.224 e. The Hall–Kier alpha value is -0.570. The van der Waals surface area contributed by atoms with Crippen LogP contribution in [0.2, 0.25) is 5.28 Å². The molecule has 1 aliphatic rings. The first-order chi connectivity index (χ1) is 5.59. The molecule has 0 aromatic carbocycles. The highest BCUT2D eigenvalue weighted by atomic mass is 35.5. The summed E-state index contributed by atoms with van der Waals surface area (Å²) in [6.45, 7) is 5.50. The highest BCUT2D eigenvalue weighted by Gasteiger charge is 2.45. The van der Waals surface area contributed by atoms with Gasteiger partial charge in [0, 0.05) is 6.54 Å². The van der Waals surface area contributed by atoms with Crippen molar-refractivity contribution in [2.75, 3.05) is 0 Å². The molecule has 1 heterocycles. The molecule has 66 valence electrons. The molecule has 0 bridgehead atoms. The van der Waals surface area contributed by atoms with Crippen LogP contribution in [-0.4, -0.2) is 14.8 Å². The fraction of sp³-hybridized carbons (Fsp3) is 0.750. The minimum Gasteiger partial charge on any atom is -0.304 e. The van der Waals surface area contributed by atoms with Gasteiger partial charge in [-0.05, 0) is 29.4 Å². The van der Waals surface area contributed by atoms with Crippen LogP contribution in [0.3, 0.4) is 0 Å². The summed E-state index contributed by atoms with van der Waals surface area (Å²) in [6, 6.07) is 0. The molecule has 0 amide bonds. The second kappa shape index (κ2) is 2.46. The van der Waals surface area contributed by atoms with Crippen LogP contribution in [0.1, 0.15) is 20.3 Å². The first kappa shape index (κ1) is 8.05. The van der Waals surface area contributed by atoms with Gasteiger partial charge in [-0.2, -0.15) is 0 Å². The molecular weight excluding hydrogens is 174 g/mol. The number of halogens is 1. The van der Waals surface area contributed by atoms with Gasteiger partial charge >= 0.3 is 0 Å². The topological polar surface area (TPSA) is 30.7 Å². The molecule has 1 aliphatic carbocycles. The zero-order valence-electron chi connectivity index (χ0n) is 7.29. The van der Waals surface area contributed by atoms with Gasteiger partial charge in [-0.25, -0.2) is 0 Å². The molecule has 0 aliphatic heterocycles. The Morgan fingerprint density at radius 3 is 2.83 bits per heavy atom. The van der Waals surface area contributed by atoms with Crippen molar-refractivity contribution in [2.45, 2.75) is 26.8 Å². The normalized spacial score (nSPS) is 25.8.